The van der Waals surface area contributed by atoms with Gasteiger partial charge in [-0.3, -0.25) is 4.79 Å². The summed E-state index contributed by atoms with van der Waals surface area (Å²) in [6, 6.07) is 12.0. The quantitative estimate of drug-likeness (QED) is 0.236. The predicted octanol–water partition coefficient (Wildman–Crippen LogP) is 3.10. The monoisotopic (exact) mass is 726 g/mol. The van der Waals surface area contributed by atoms with Crippen LogP contribution in [0.15, 0.2) is 87.5 Å². The van der Waals surface area contributed by atoms with Crippen LogP contribution in [-0.2, 0) is 44.5 Å². The maximum Gasteiger partial charge on any atom is 0.410 e. The van der Waals surface area contributed by atoms with Crippen molar-refractivity contribution in [2.75, 3.05) is 26.2 Å². The van der Waals surface area contributed by atoms with Gasteiger partial charge in [-0.2, -0.15) is 21.1 Å². The van der Waals surface area contributed by atoms with Crippen LogP contribution >= 0.6 is 0 Å². The van der Waals surface area contributed by atoms with Crippen LogP contribution < -0.4 is 8.37 Å². The highest BCUT2D eigenvalue weighted by molar-refractivity contribution is 7.89. The van der Waals surface area contributed by atoms with Gasteiger partial charge in [0.25, 0.3) is 0 Å². The van der Waals surface area contributed by atoms with Crippen molar-refractivity contribution in [3.8, 4) is 17.2 Å². The number of sulfonamides is 1. The summed E-state index contributed by atoms with van der Waals surface area (Å²) in [5.74, 6) is -1.42. The van der Waals surface area contributed by atoms with E-state index < -0.39 is 54.0 Å². The Labute approximate surface area is 278 Å². The molecule has 1 saturated heterocycles. The molecule has 1 unspecified atom stereocenters. The molecule has 1 fully saturated rings. The topological polar surface area (TPSA) is 200 Å². The minimum absolute atomic E-state index is 0.0230. The summed E-state index contributed by atoms with van der Waals surface area (Å²) < 4.78 is 99.5. The van der Waals surface area contributed by atoms with E-state index in [9.17, 15) is 39.9 Å². The number of piperazine rings is 1. The largest absolute Gasteiger partial charge is 0.508 e. The van der Waals surface area contributed by atoms with Gasteiger partial charge in [0.2, 0.25) is 10.0 Å². The molecule has 1 heterocycles. The van der Waals surface area contributed by atoms with Gasteiger partial charge in [0.15, 0.2) is 0 Å². The van der Waals surface area contributed by atoms with Crippen molar-refractivity contribution in [2.24, 2.45) is 0 Å². The molecule has 1 amide bonds. The van der Waals surface area contributed by atoms with Crippen molar-refractivity contribution in [1.29, 1.82) is 0 Å². The number of phenols is 1. The van der Waals surface area contributed by atoms with E-state index in [0.29, 0.717) is 0 Å². The maximum absolute atomic E-state index is 13.6. The Morgan fingerprint density at radius 1 is 0.750 bits per heavy atom. The third-order valence-corrected chi connectivity index (χ3v) is 11.1. The third kappa shape index (κ3) is 8.74. The Morgan fingerprint density at radius 2 is 1.21 bits per heavy atom. The molecular weight excluding hydrogens is 693 g/mol. The van der Waals surface area contributed by atoms with E-state index in [1.807, 2.05) is 0 Å². The Morgan fingerprint density at radius 3 is 1.67 bits per heavy atom. The number of hydrogen-bond acceptors (Lipinski definition) is 13. The van der Waals surface area contributed by atoms with E-state index >= 15 is 0 Å². The van der Waals surface area contributed by atoms with Crippen LogP contribution in [-0.4, -0.2) is 89.5 Å². The molecule has 0 radical (unpaired) electrons. The van der Waals surface area contributed by atoms with Gasteiger partial charge in [0.05, 0.1) is 18.0 Å². The molecule has 1 aliphatic heterocycles. The second kappa shape index (κ2) is 14.0. The first kappa shape index (κ1) is 36.4. The molecule has 15 nitrogen and oxygen atoms in total. The number of rotatable bonds is 10. The van der Waals surface area contributed by atoms with Crippen LogP contribution in [0.3, 0.4) is 0 Å². The van der Waals surface area contributed by atoms with Crippen LogP contribution in [0.25, 0.3) is 0 Å². The lowest BCUT2D eigenvalue weighted by Gasteiger charge is -2.39. The first-order valence-electron chi connectivity index (χ1n) is 14.4. The van der Waals surface area contributed by atoms with Gasteiger partial charge < -0.3 is 27.8 Å². The first-order valence-corrected chi connectivity index (χ1v) is 18.6. The number of esters is 1. The van der Waals surface area contributed by atoms with E-state index in [-0.39, 0.29) is 58.2 Å². The van der Waals surface area contributed by atoms with Gasteiger partial charge in [0, 0.05) is 13.1 Å². The molecule has 0 aliphatic carbocycles. The Balaban J connectivity index is 1.47. The van der Waals surface area contributed by atoms with E-state index in [1.165, 1.54) is 17.0 Å². The van der Waals surface area contributed by atoms with E-state index in [1.54, 1.807) is 27.7 Å². The van der Waals surface area contributed by atoms with Crippen molar-refractivity contribution in [3.63, 3.8) is 0 Å². The summed E-state index contributed by atoms with van der Waals surface area (Å²) in [6.45, 7) is 5.96. The van der Waals surface area contributed by atoms with Gasteiger partial charge in [-0.25, -0.2) is 13.2 Å². The van der Waals surface area contributed by atoms with E-state index in [4.69, 9.17) is 17.8 Å². The molecule has 0 saturated carbocycles. The van der Waals surface area contributed by atoms with Crippen molar-refractivity contribution in [3.05, 3.63) is 72.8 Å². The number of ether oxygens (including phenoxy) is 2. The van der Waals surface area contributed by atoms with E-state index in [0.717, 1.165) is 65.0 Å². The fourth-order valence-corrected chi connectivity index (χ4v) is 7.82. The highest BCUT2D eigenvalue weighted by Gasteiger charge is 2.43. The Bertz CT molecular complexity index is 1960. The molecule has 0 aromatic heterocycles. The lowest BCUT2D eigenvalue weighted by Crippen LogP contribution is -2.60. The fraction of sp³-hybridized carbons (Fsp3) is 0.333. The smallest absolute Gasteiger partial charge is 0.410 e. The van der Waals surface area contributed by atoms with Crippen LogP contribution in [0.2, 0.25) is 0 Å². The number of nitrogens with zero attached hydrogens (tertiary/aromatic N) is 2. The van der Waals surface area contributed by atoms with Crippen molar-refractivity contribution in [1.82, 2.24) is 9.21 Å². The molecule has 1 atom stereocenters. The SMILES string of the molecule is CCOC(=O)C1CN(C(=O)OC(C)(C)C)CCN1S(=O)(=O)c1ccc(OS(=O)(=O)c2ccc(OS(=O)(=O)c3ccc(O)cc3)cc2)cc1. The van der Waals surface area contributed by atoms with Crippen molar-refractivity contribution >= 4 is 42.3 Å². The van der Waals surface area contributed by atoms with E-state index in [2.05, 4.69) is 0 Å². The number of carbonyl (C=O) groups excluding carboxylic acids is 2. The van der Waals surface area contributed by atoms with Crippen LogP contribution in [0.4, 0.5) is 4.79 Å². The maximum atomic E-state index is 13.6. The lowest BCUT2D eigenvalue weighted by atomic mass is 10.2. The zero-order chi connectivity index (χ0) is 35.5. The lowest BCUT2D eigenvalue weighted by molar-refractivity contribution is -0.149. The second-order valence-corrected chi connectivity index (χ2v) is 16.3. The van der Waals surface area contributed by atoms with Gasteiger partial charge in [0.1, 0.15) is 38.7 Å². The fourth-order valence-electron chi connectivity index (χ4n) is 4.40. The highest BCUT2D eigenvalue weighted by Crippen LogP contribution is 2.28. The average Bonchev–Trinajstić information content (AvgIpc) is 3.00. The zero-order valence-electron chi connectivity index (χ0n) is 26.3. The minimum Gasteiger partial charge on any atom is -0.508 e. The number of aromatic hydroxyl groups is 1. The third-order valence-electron chi connectivity index (χ3n) is 6.62. The normalized spacial score (nSPS) is 16.2. The number of hydrogen-bond donors (Lipinski definition) is 1. The van der Waals surface area contributed by atoms with Gasteiger partial charge in [-0.15, -0.1) is 0 Å². The second-order valence-electron chi connectivity index (χ2n) is 11.3. The summed E-state index contributed by atoms with van der Waals surface area (Å²) in [7, 11) is -13.1. The zero-order valence-corrected chi connectivity index (χ0v) is 28.7. The molecular formula is C30H34N2O13S3. The van der Waals surface area contributed by atoms with Crippen molar-refractivity contribution < 1.29 is 57.8 Å². The molecule has 260 valence electrons. The molecule has 4 rings (SSSR count). The molecule has 18 heteroatoms. The summed E-state index contributed by atoms with van der Waals surface area (Å²) in [5, 5.41) is 9.36. The molecule has 1 N–H and O–H groups in total. The number of carbonyl (C=O) groups is 2. The molecule has 48 heavy (non-hydrogen) atoms. The van der Waals surface area contributed by atoms with Crippen LogP contribution in [0.1, 0.15) is 27.7 Å². The minimum atomic E-state index is -4.46. The molecule has 3 aromatic rings. The number of amides is 1. The Kier molecular flexibility index (Phi) is 10.6. The van der Waals surface area contributed by atoms with Gasteiger partial charge >= 0.3 is 32.3 Å². The van der Waals surface area contributed by atoms with Gasteiger partial charge in [-0.05, 0) is 100 Å². The summed E-state index contributed by atoms with van der Waals surface area (Å²) in [6.07, 6.45) is -0.710. The van der Waals surface area contributed by atoms with Crippen LogP contribution in [0.5, 0.6) is 17.2 Å². The molecule has 1 aliphatic rings. The predicted molar refractivity (Wildman–Crippen MR) is 169 cm³/mol. The highest BCUT2D eigenvalue weighted by atomic mass is 32.2. The summed E-state index contributed by atoms with van der Waals surface area (Å²) in [5.41, 5.74) is -0.812. The average molecular weight is 727 g/mol. The molecule has 0 spiro atoms. The summed E-state index contributed by atoms with van der Waals surface area (Å²) >= 11 is 0. The molecule has 3 aromatic carbocycles. The summed E-state index contributed by atoms with van der Waals surface area (Å²) in [4.78, 5) is 25.8. The van der Waals surface area contributed by atoms with Crippen LogP contribution in [0, 0.1) is 0 Å². The first-order chi connectivity index (χ1) is 22.3. The van der Waals surface area contributed by atoms with Crippen molar-refractivity contribution in [2.45, 2.75) is 54.0 Å². The van der Waals surface area contributed by atoms with Gasteiger partial charge in [-0.1, -0.05) is 0 Å². The Hall–Kier alpha value is -4.39. The standard InChI is InChI=1S/C30H34N2O13S3/c1-5-42-28(34)27-20-31(29(35)43-30(2,3)4)18-19-32(27)46(36,37)24-14-8-22(9-15-24)44-48(40,41)26-16-10-23(11-17-26)45-47(38,39)25-12-6-21(33)7-13-25/h6-17,27,33H,5,18-20H2,1-4H3. The number of phenolic OH excluding ortho intramolecular Hbond substituents is 1. The number of benzene rings is 3. The molecule has 0 bridgehead atoms.